The molecule has 0 bridgehead atoms. The molecular weight excluding hydrogens is 418 g/mol. The van der Waals surface area contributed by atoms with Gasteiger partial charge in [0.05, 0.1) is 5.52 Å². The lowest BCUT2D eigenvalue weighted by Gasteiger charge is -2.18. The second kappa shape index (κ2) is 15.1. The van der Waals surface area contributed by atoms with E-state index in [1.807, 2.05) is 46.8 Å². The van der Waals surface area contributed by atoms with Gasteiger partial charge < -0.3 is 10.2 Å². The Kier molecular flexibility index (Phi) is 12.9. The number of benzene rings is 2. The molecule has 0 aliphatic heterocycles. The summed E-state index contributed by atoms with van der Waals surface area (Å²) in [5.74, 6) is -0.452. The quantitative estimate of drug-likeness (QED) is 0.389. The fourth-order valence-corrected chi connectivity index (χ4v) is 3.13. The van der Waals surface area contributed by atoms with Crippen molar-refractivity contribution in [2.75, 3.05) is 31.5 Å². The van der Waals surface area contributed by atoms with Crippen molar-refractivity contribution in [2.45, 2.75) is 48.5 Å². The van der Waals surface area contributed by atoms with Crippen molar-refractivity contribution in [3.05, 3.63) is 65.0 Å². The van der Waals surface area contributed by atoms with E-state index in [4.69, 9.17) is 0 Å². The van der Waals surface area contributed by atoms with Gasteiger partial charge in [0.2, 0.25) is 0 Å². The number of aromatic nitrogens is 2. The van der Waals surface area contributed by atoms with Gasteiger partial charge in [0.1, 0.15) is 5.82 Å². The molecule has 6 heteroatoms. The summed E-state index contributed by atoms with van der Waals surface area (Å²) in [6.45, 7) is 18.0. The minimum atomic E-state index is -0.874. The second-order valence-corrected chi connectivity index (χ2v) is 6.91. The molecule has 180 valence electrons. The summed E-state index contributed by atoms with van der Waals surface area (Å²) < 4.78 is 26.5. The van der Waals surface area contributed by atoms with Crippen LogP contribution in [0.25, 0.3) is 23.1 Å². The molecule has 0 aliphatic carbocycles. The summed E-state index contributed by atoms with van der Waals surface area (Å²) in [4.78, 5) is 11.6. The summed E-state index contributed by atoms with van der Waals surface area (Å²) in [5.41, 5.74) is 2.52. The molecule has 0 saturated carbocycles. The highest BCUT2D eigenvalue weighted by molar-refractivity contribution is 5.90. The SMILES string of the molecule is CC.CC.CCN(CC)CCNc1nc(/C=C/c2ccc(F)c(F)c2)nc2ccc(C)cc12. The zero-order valence-corrected chi connectivity index (χ0v) is 21.0. The van der Waals surface area contributed by atoms with Gasteiger partial charge in [-0.2, -0.15) is 0 Å². The monoisotopic (exact) mass is 456 g/mol. The lowest BCUT2D eigenvalue weighted by molar-refractivity contribution is 0.316. The maximum atomic E-state index is 13.4. The van der Waals surface area contributed by atoms with E-state index in [1.165, 1.54) is 6.07 Å². The Hall–Kier alpha value is -2.86. The van der Waals surface area contributed by atoms with Crippen molar-refractivity contribution in [1.29, 1.82) is 0 Å². The average molecular weight is 457 g/mol. The van der Waals surface area contributed by atoms with Crippen LogP contribution >= 0.6 is 0 Å². The number of nitrogens with one attached hydrogen (secondary N) is 1. The van der Waals surface area contributed by atoms with Gasteiger partial charge in [0.25, 0.3) is 0 Å². The van der Waals surface area contributed by atoms with E-state index >= 15 is 0 Å². The highest BCUT2D eigenvalue weighted by Crippen LogP contribution is 2.22. The Balaban J connectivity index is 0.00000129. The fraction of sp³-hybridized carbons (Fsp3) is 0.407. The minimum Gasteiger partial charge on any atom is -0.368 e. The fourth-order valence-electron chi connectivity index (χ4n) is 3.13. The van der Waals surface area contributed by atoms with Crippen molar-refractivity contribution in [3.8, 4) is 0 Å². The number of anilines is 1. The Morgan fingerprint density at radius 1 is 0.879 bits per heavy atom. The van der Waals surface area contributed by atoms with Crippen molar-refractivity contribution in [3.63, 3.8) is 0 Å². The summed E-state index contributed by atoms with van der Waals surface area (Å²) in [6.07, 6.45) is 3.39. The molecule has 1 N–H and O–H groups in total. The summed E-state index contributed by atoms with van der Waals surface area (Å²) >= 11 is 0. The van der Waals surface area contributed by atoms with Crippen LogP contribution in [0.1, 0.15) is 58.5 Å². The van der Waals surface area contributed by atoms with Gasteiger partial charge in [-0.1, -0.05) is 65.3 Å². The summed E-state index contributed by atoms with van der Waals surface area (Å²) in [5, 5.41) is 4.40. The molecule has 0 saturated heterocycles. The molecule has 0 spiro atoms. The molecule has 0 amide bonds. The van der Waals surface area contributed by atoms with E-state index in [2.05, 4.69) is 40.1 Å². The van der Waals surface area contributed by atoms with Crippen LogP contribution in [-0.2, 0) is 0 Å². The zero-order chi connectivity index (χ0) is 24.8. The minimum absolute atomic E-state index is 0.511. The van der Waals surface area contributed by atoms with Crippen molar-refractivity contribution >= 4 is 28.9 Å². The normalized spacial score (nSPS) is 10.6. The van der Waals surface area contributed by atoms with Gasteiger partial charge in [-0.05, 0) is 55.9 Å². The third-order valence-corrected chi connectivity index (χ3v) is 4.85. The maximum Gasteiger partial charge on any atom is 0.159 e. The zero-order valence-electron chi connectivity index (χ0n) is 21.0. The van der Waals surface area contributed by atoms with E-state index < -0.39 is 11.6 Å². The van der Waals surface area contributed by atoms with Gasteiger partial charge in [-0.25, -0.2) is 18.7 Å². The molecule has 0 fully saturated rings. The van der Waals surface area contributed by atoms with Gasteiger partial charge in [-0.3, -0.25) is 0 Å². The van der Waals surface area contributed by atoms with Crippen LogP contribution in [0.2, 0.25) is 0 Å². The molecule has 1 aromatic heterocycles. The van der Waals surface area contributed by atoms with Gasteiger partial charge in [0, 0.05) is 18.5 Å². The predicted molar refractivity (Wildman–Crippen MR) is 139 cm³/mol. The topological polar surface area (TPSA) is 41.0 Å². The molecular formula is C27H38F2N4. The number of aryl methyl sites for hydroxylation is 1. The molecule has 1 heterocycles. The second-order valence-electron chi connectivity index (χ2n) is 6.91. The molecule has 0 aliphatic rings. The molecule has 33 heavy (non-hydrogen) atoms. The van der Waals surface area contributed by atoms with E-state index in [-0.39, 0.29) is 0 Å². The van der Waals surface area contributed by atoms with Gasteiger partial charge >= 0.3 is 0 Å². The molecule has 2 aromatic carbocycles. The summed E-state index contributed by atoms with van der Waals surface area (Å²) in [7, 11) is 0. The van der Waals surface area contributed by atoms with Crippen molar-refractivity contribution in [1.82, 2.24) is 14.9 Å². The highest BCUT2D eigenvalue weighted by atomic mass is 19.2. The van der Waals surface area contributed by atoms with Crippen molar-refractivity contribution < 1.29 is 8.78 Å². The number of nitrogens with zero attached hydrogens (tertiary/aromatic N) is 3. The van der Waals surface area contributed by atoms with Crippen molar-refractivity contribution in [2.24, 2.45) is 0 Å². The van der Waals surface area contributed by atoms with Crippen LogP contribution in [0.15, 0.2) is 36.4 Å². The van der Waals surface area contributed by atoms with E-state index in [0.29, 0.717) is 11.4 Å². The van der Waals surface area contributed by atoms with Crippen LogP contribution in [0.4, 0.5) is 14.6 Å². The smallest absolute Gasteiger partial charge is 0.159 e. The van der Waals surface area contributed by atoms with Gasteiger partial charge in [-0.15, -0.1) is 0 Å². The lowest BCUT2D eigenvalue weighted by Crippen LogP contribution is -2.28. The Morgan fingerprint density at radius 2 is 1.58 bits per heavy atom. The first-order chi connectivity index (χ1) is 16.0. The summed E-state index contributed by atoms with van der Waals surface area (Å²) in [6, 6.07) is 9.83. The molecule has 0 unspecified atom stereocenters. The van der Waals surface area contributed by atoms with Crippen LogP contribution in [0.3, 0.4) is 0 Å². The van der Waals surface area contributed by atoms with Crippen LogP contribution in [0.5, 0.6) is 0 Å². The number of hydrogen-bond donors (Lipinski definition) is 1. The molecule has 3 rings (SSSR count). The number of hydrogen-bond acceptors (Lipinski definition) is 4. The number of halogens is 2. The molecule has 3 aromatic rings. The molecule has 4 nitrogen and oxygen atoms in total. The maximum absolute atomic E-state index is 13.4. The highest BCUT2D eigenvalue weighted by Gasteiger charge is 2.08. The van der Waals surface area contributed by atoms with Crippen LogP contribution in [-0.4, -0.2) is 41.0 Å². The predicted octanol–water partition coefficient (Wildman–Crippen LogP) is 7.19. The number of rotatable bonds is 8. The third-order valence-electron chi connectivity index (χ3n) is 4.85. The van der Waals surface area contributed by atoms with Gasteiger partial charge in [0.15, 0.2) is 17.5 Å². The largest absolute Gasteiger partial charge is 0.368 e. The Labute approximate surface area is 197 Å². The Bertz CT molecular complexity index is 1010. The molecule has 0 atom stereocenters. The Morgan fingerprint density at radius 3 is 2.21 bits per heavy atom. The average Bonchev–Trinajstić information content (AvgIpc) is 2.85. The van der Waals surface area contributed by atoms with Crippen LogP contribution < -0.4 is 5.32 Å². The first-order valence-electron chi connectivity index (χ1n) is 11.9. The van der Waals surface area contributed by atoms with E-state index in [0.717, 1.165) is 60.6 Å². The first-order valence-corrected chi connectivity index (χ1v) is 11.9. The van der Waals surface area contributed by atoms with Crippen LogP contribution in [0, 0.1) is 18.6 Å². The molecule has 0 radical (unpaired) electrons. The number of fused-ring (bicyclic) bond motifs is 1. The van der Waals surface area contributed by atoms with E-state index in [9.17, 15) is 8.78 Å². The lowest BCUT2D eigenvalue weighted by atomic mass is 10.1. The van der Waals surface area contributed by atoms with E-state index in [1.54, 1.807) is 12.2 Å². The third kappa shape index (κ3) is 8.54. The standard InChI is InChI=1S/C23H26F2N4.2C2H6/c1-4-29(5-2)13-12-26-23-18-14-16(3)6-10-21(18)27-22(28-23)11-8-17-7-9-19(24)20(25)15-17;2*1-2/h6-11,14-15H,4-5,12-13H2,1-3H3,(H,26,27,28);2*1-2H3/b11-8+;;. The first kappa shape index (κ1) is 28.2. The number of likely N-dealkylation sites (N-methyl/N-ethyl adjacent to an activating group) is 1.